The van der Waals surface area contributed by atoms with Crippen molar-refractivity contribution in [1.82, 2.24) is 10.2 Å². The van der Waals surface area contributed by atoms with Crippen molar-refractivity contribution in [3.63, 3.8) is 0 Å². The molecule has 1 aliphatic heterocycles. The Hall–Kier alpha value is -1.63. The first-order valence-electron chi connectivity index (χ1n) is 6.57. The molecule has 0 radical (unpaired) electrons. The summed E-state index contributed by atoms with van der Waals surface area (Å²) in [7, 11) is 0. The van der Waals surface area contributed by atoms with E-state index in [1.54, 1.807) is 0 Å². The van der Waals surface area contributed by atoms with Crippen molar-refractivity contribution >= 4 is 5.82 Å². The van der Waals surface area contributed by atoms with Crippen molar-refractivity contribution < 1.29 is 0 Å². The van der Waals surface area contributed by atoms with Gasteiger partial charge in [-0.2, -0.15) is 10.4 Å². The summed E-state index contributed by atoms with van der Waals surface area (Å²) in [5, 5.41) is 17.8. The summed E-state index contributed by atoms with van der Waals surface area (Å²) in [6.45, 7) is 9.29. The third kappa shape index (κ3) is 2.05. The second-order valence-electron chi connectivity index (χ2n) is 5.27. The van der Waals surface area contributed by atoms with E-state index in [2.05, 4.69) is 35.0 Å². The molecule has 0 spiro atoms. The lowest BCUT2D eigenvalue weighted by molar-refractivity contribution is 0.360. The van der Waals surface area contributed by atoms with Gasteiger partial charge in [0, 0.05) is 12.6 Å². The second-order valence-corrected chi connectivity index (χ2v) is 5.27. The Morgan fingerprint density at radius 3 is 2.67 bits per heavy atom. The molecule has 18 heavy (non-hydrogen) atoms. The fourth-order valence-electron chi connectivity index (χ4n) is 2.57. The van der Waals surface area contributed by atoms with Crippen molar-refractivity contribution in [1.29, 1.82) is 5.26 Å². The molecular weight excluding hydrogens is 224 g/mol. The van der Waals surface area contributed by atoms with Crippen molar-refractivity contribution in [3.8, 4) is 6.07 Å². The van der Waals surface area contributed by atoms with Gasteiger partial charge in [-0.1, -0.05) is 6.92 Å². The quantitative estimate of drug-likeness (QED) is 0.762. The number of hydrogen-bond acceptors (Lipinski definition) is 4. The number of hydrogen-bond donors (Lipinski definition) is 0. The zero-order valence-corrected chi connectivity index (χ0v) is 11.6. The van der Waals surface area contributed by atoms with Gasteiger partial charge in [0.2, 0.25) is 0 Å². The fourth-order valence-corrected chi connectivity index (χ4v) is 2.57. The molecule has 1 aliphatic rings. The van der Waals surface area contributed by atoms with Crippen LogP contribution in [0.2, 0.25) is 0 Å². The summed E-state index contributed by atoms with van der Waals surface area (Å²) in [6, 6.07) is 2.71. The highest BCUT2D eigenvalue weighted by atomic mass is 15.3. The summed E-state index contributed by atoms with van der Waals surface area (Å²) < 4.78 is 0. The maximum absolute atomic E-state index is 9.36. The van der Waals surface area contributed by atoms with E-state index in [4.69, 9.17) is 0 Å². The smallest absolute Gasteiger partial charge is 0.169 e. The van der Waals surface area contributed by atoms with E-state index in [0.717, 1.165) is 30.0 Å². The Balaban J connectivity index is 2.45. The predicted octanol–water partition coefficient (Wildman–Crippen LogP) is 2.59. The van der Waals surface area contributed by atoms with Gasteiger partial charge in [0.15, 0.2) is 5.82 Å². The molecule has 0 aromatic carbocycles. The highest BCUT2D eigenvalue weighted by Gasteiger charge is 2.28. The highest BCUT2D eigenvalue weighted by molar-refractivity contribution is 5.58. The lowest BCUT2D eigenvalue weighted by Gasteiger charge is -2.39. The molecule has 1 fully saturated rings. The van der Waals surface area contributed by atoms with Crippen LogP contribution >= 0.6 is 0 Å². The van der Waals surface area contributed by atoms with E-state index in [-0.39, 0.29) is 0 Å². The standard InChI is InChI=1S/C14H20N4/c1-9-6-5-7-18(12(9)4)14-13(8-15)10(2)11(3)16-17-14/h9,12H,5-7H2,1-4H3. The van der Waals surface area contributed by atoms with Gasteiger partial charge in [-0.3, -0.25) is 0 Å². The van der Waals surface area contributed by atoms with Crippen LogP contribution < -0.4 is 4.90 Å². The molecule has 0 bridgehead atoms. The second kappa shape index (κ2) is 4.93. The normalized spacial score (nSPS) is 23.8. The minimum Gasteiger partial charge on any atom is -0.351 e. The predicted molar refractivity (Wildman–Crippen MR) is 71.4 cm³/mol. The maximum Gasteiger partial charge on any atom is 0.169 e. The van der Waals surface area contributed by atoms with E-state index in [1.165, 1.54) is 6.42 Å². The van der Waals surface area contributed by atoms with Gasteiger partial charge >= 0.3 is 0 Å². The van der Waals surface area contributed by atoms with Gasteiger partial charge in [0.1, 0.15) is 11.6 Å². The molecule has 2 rings (SSSR count). The number of rotatable bonds is 1. The molecule has 96 valence electrons. The average molecular weight is 244 g/mol. The van der Waals surface area contributed by atoms with Crippen LogP contribution in [-0.2, 0) is 0 Å². The molecule has 4 nitrogen and oxygen atoms in total. The highest BCUT2D eigenvalue weighted by Crippen LogP contribution is 2.30. The Morgan fingerprint density at radius 1 is 1.28 bits per heavy atom. The van der Waals surface area contributed by atoms with Gasteiger partial charge in [0.25, 0.3) is 0 Å². The first-order chi connectivity index (χ1) is 8.56. The molecule has 2 heterocycles. The van der Waals surface area contributed by atoms with Gasteiger partial charge in [0.05, 0.1) is 5.69 Å². The molecule has 0 N–H and O–H groups in total. The Bertz CT molecular complexity index is 489. The third-order valence-electron chi connectivity index (χ3n) is 4.19. The molecule has 1 aromatic heterocycles. The molecule has 2 atom stereocenters. The Kier molecular flexibility index (Phi) is 3.51. The summed E-state index contributed by atoms with van der Waals surface area (Å²) in [6.07, 6.45) is 2.41. The summed E-state index contributed by atoms with van der Waals surface area (Å²) in [5.41, 5.74) is 2.48. The van der Waals surface area contributed by atoms with E-state index >= 15 is 0 Å². The Morgan fingerprint density at radius 2 is 2.00 bits per heavy atom. The molecule has 1 saturated heterocycles. The van der Waals surface area contributed by atoms with Crippen LogP contribution in [0.5, 0.6) is 0 Å². The molecule has 0 aliphatic carbocycles. The first-order valence-corrected chi connectivity index (χ1v) is 6.57. The van der Waals surface area contributed by atoms with Gasteiger partial charge in [-0.25, -0.2) is 0 Å². The van der Waals surface area contributed by atoms with E-state index in [0.29, 0.717) is 17.5 Å². The SMILES string of the molecule is Cc1nnc(N2CCCC(C)C2C)c(C#N)c1C. The van der Waals surface area contributed by atoms with Crippen LogP contribution in [-0.4, -0.2) is 22.8 Å². The number of piperidine rings is 1. The average Bonchev–Trinajstić information content (AvgIpc) is 2.36. The minimum atomic E-state index is 0.419. The Labute approximate surface area is 109 Å². The number of aryl methyl sites for hydroxylation is 1. The maximum atomic E-state index is 9.36. The van der Waals surface area contributed by atoms with Crippen molar-refractivity contribution in [2.75, 3.05) is 11.4 Å². The first kappa shape index (κ1) is 12.8. The van der Waals surface area contributed by atoms with Crippen LogP contribution in [0.3, 0.4) is 0 Å². The summed E-state index contributed by atoms with van der Waals surface area (Å²) in [4.78, 5) is 2.24. The topological polar surface area (TPSA) is 52.8 Å². The summed E-state index contributed by atoms with van der Waals surface area (Å²) in [5.74, 6) is 1.40. The van der Waals surface area contributed by atoms with Gasteiger partial charge in [-0.05, 0) is 45.1 Å². The van der Waals surface area contributed by atoms with E-state index in [1.807, 2.05) is 13.8 Å². The molecule has 0 saturated carbocycles. The van der Waals surface area contributed by atoms with E-state index < -0.39 is 0 Å². The van der Waals surface area contributed by atoms with Crippen molar-refractivity contribution in [2.45, 2.75) is 46.6 Å². The van der Waals surface area contributed by atoms with E-state index in [9.17, 15) is 5.26 Å². The third-order valence-corrected chi connectivity index (χ3v) is 4.19. The van der Waals surface area contributed by atoms with Crippen LogP contribution in [0.25, 0.3) is 0 Å². The van der Waals surface area contributed by atoms with Crippen molar-refractivity contribution in [3.05, 3.63) is 16.8 Å². The van der Waals surface area contributed by atoms with Gasteiger partial charge < -0.3 is 4.90 Å². The lowest BCUT2D eigenvalue weighted by atomic mass is 9.91. The van der Waals surface area contributed by atoms with Crippen LogP contribution in [0, 0.1) is 31.1 Å². The molecular formula is C14H20N4. The zero-order valence-electron chi connectivity index (χ0n) is 11.6. The molecule has 1 aromatic rings. The lowest BCUT2D eigenvalue weighted by Crippen LogP contribution is -2.43. The zero-order chi connectivity index (χ0) is 13.3. The van der Waals surface area contributed by atoms with Crippen LogP contribution in [0.15, 0.2) is 0 Å². The largest absolute Gasteiger partial charge is 0.351 e. The number of anilines is 1. The molecule has 0 amide bonds. The molecule has 4 heteroatoms. The van der Waals surface area contributed by atoms with Gasteiger partial charge in [-0.15, -0.1) is 5.10 Å². The number of aromatic nitrogens is 2. The van der Waals surface area contributed by atoms with Crippen molar-refractivity contribution in [2.24, 2.45) is 5.92 Å². The monoisotopic (exact) mass is 244 g/mol. The number of nitrogens with zero attached hydrogens (tertiary/aromatic N) is 4. The van der Waals surface area contributed by atoms with Crippen LogP contribution in [0.4, 0.5) is 5.82 Å². The number of nitriles is 1. The molecule has 2 unspecified atom stereocenters. The fraction of sp³-hybridized carbons (Fsp3) is 0.643. The summed E-state index contributed by atoms with van der Waals surface area (Å²) >= 11 is 0. The minimum absolute atomic E-state index is 0.419. The van der Waals surface area contributed by atoms with Crippen LogP contribution in [0.1, 0.15) is 43.5 Å².